The highest BCUT2D eigenvalue weighted by atomic mass is 19.1. The number of hydrogen-bond donors (Lipinski definition) is 1. The number of para-hydroxylation sites is 2. The van der Waals surface area contributed by atoms with E-state index in [9.17, 15) is 4.39 Å². The molecule has 0 saturated heterocycles. The van der Waals surface area contributed by atoms with Crippen molar-refractivity contribution in [1.82, 2.24) is 14.8 Å². The molecular formula is C31H24FN7. The fraction of sp³-hybridized carbons (Fsp3) is 0.0968. The number of pyridine rings is 1. The Morgan fingerprint density at radius 1 is 0.846 bits per heavy atom. The number of amidine groups is 2. The first kappa shape index (κ1) is 23.0. The van der Waals surface area contributed by atoms with Crippen molar-refractivity contribution in [3.63, 3.8) is 0 Å². The van der Waals surface area contributed by atoms with E-state index in [-0.39, 0.29) is 11.9 Å². The second kappa shape index (κ2) is 9.02. The van der Waals surface area contributed by atoms with E-state index < -0.39 is 0 Å². The van der Waals surface area contributed by atoms with E-state index in [1.54, 1.807) is 10.9 Å². The Hall–Kier alpha value is -5.11. The highest BCUT2D eigenvalue weighted by Gasteiger charge is 2.41. The number of nitrogens with one attached hydrogen (secondary N) is 1. The van der Waals surface area contributed by atoms with Gasteiger partial charge in [0.15, 0.2) is 23.3 Å². The summed E-state index contributed by atoms with van der Waals surface area (Å²) in [6.45, 7) is 4.03. The lowest BCUT2D eigenvalue weighted by Crippen LogP contribution is -2.46. The minimum absolute atomic E-state index is 0.285. The van der Waals surface area contributed by atoms with Crippen molar-refractivity contribution in [2.45, 2.75) is 19.9 Å². The fourth-order valence-corrected chi connectivity index (χ4v) is 5.26. The summed E-state index contributed by atoms with van der Waals surface area (Å²) < 4.78 is 15.8. The molecule has 2 aliphatic rings. The molecule has 0 aliphatic carbocycles. The molecule has 0 unspecified atom stereocenters. The molecular weight excluding hydrogens is 489 g/mol. The third kappa shape index (κ3) is 3.88. The van der Waals surface area contributed by atoms with Crippen molar-refractivity contribution >= 4 is 34.6 Å². The van der Waals surface area contributed by atoms with Crippen LogP contribution in [-0.4, -0.2) is 26.4 Å². The van der Waals surface area contributed by atoms with Gasteiger partial charge < -0.3 is 10.2 Å². The molecule has 0 spiro atoms. The number of halogens is 1. The second-order valence-corrected chi connectivity index (χ2v) is 9.63. The minimum Gasteiger partial charge on any atom is -0.337 e. The molecule has 0 radical (unpaired) electrons. The largest absolute Gasteiger partial charge is 0.337 e. The Morgan fingerprint density at radius 2 is 1.67 bits per heavy atom. The molecule has 3 aromatic carbocycles. The zero-order valence-corrected chi connectivity index (χ0v) is 21.4. The van der Waals surface area contributed by atoms with Crippen LogP contribution in [0.5, 0.6) is 0 Å². The average molecular weight is 514 g/mol. The van der Waals surface area contributed by atoms with Crippen LogP contribution in [0.2, 0.25) is 0 Å². The third-order valence-electron chi connectivity index (χ3n) is 6.97. The molecule has 2 aliphatic heterocycles. The molecule has 0 bridgehead atoms. The van der Waals surface area contributed by atoms with E-state index in [4.69, 9.17) is 15.1 Å². The lowest BCUT2D eigenvalue weighted by atomic mass is 9.93. The molecule has 0 amide bonds. The summed E-state index contributed by atoms with van der Waals surface area (Å²) in [5, 5.41) is 8.39. The standard InChI is InChI=1S/C31H24FN7/c1-19-8-7-9-23(18-19)34-29-31-36-30-27(20(2)37-39(30)26-12-5-6-17-33-26)28(21-13-15-22(32)16-14-21)38(31)25-11-4-3-10-24(25)35-29/h3-18,28H,1-2H3,(H,34,35)/t28-/m1/s1. The van der Waals surface area contributed by atoms with E-state index in [0.29, 0.717) is 23.3 Å². The van der Waals surface area contributed by atoms with Crippen molar-refractivity contribution in [1.29, 1.82) is 0 Å². The predicted octanol–water partition coefficient (Wildman–Crippen LogP) is 6.82. The van der Waals surface area contributed by atoms with Gasteiger partial charge in [0, 0.05) is 17.4 Å². The number of hydrogen-bond acceptors (Lipinski definition) is 6. The number of benzene rings is 3. The first-order valence-electron chi connectivity index (χ1n) is 12.7. The highest BCUT2D eigenvalue weighted by molar-refractivity contribution is 6.51. The Balaban J connectivity index is 1.50. The summed E-state index contributed by atoms with van der Waals surface area (Å²) in [5.74, 6) is 2.31. The number of aliphatic imine (C=N–C) groups is 2. The summed E-state index contributed by atoms with van der Waals surface area (Å²) >= 11 is 0. The predicted molar refractivity (Wildman–Crippen MR) is 152 cm³/mol. The van der Waals surface area contributed by atoms with E-state index >= 15 is 0 Å². The number of fused-ring (bicyclic) bond motifs is 4. The smallest absolute Gasteiger partial charge is 0.179 e. The first-order valence-corrected chi connectivity index (χ1v) is 12.7. The van der Waals surface area contributed by atoms with Crippen molar-refractivity contribution in [3.8, 4) is 5.82 Å². The SMILES string of the molecule is Cc1cccc(NC2=Nc3ccccc3N3C2=Nc2c(c(C)nn2-c2ccccn2)[C@H]3c2ccc(F)cc2)c1. The van der Waals surface area contributed by atoms with Gasteiger partial charge in [-0.15, -0.1) is 0 Å². The van der Waals surface area contributed by atoms with Crippen LogP contribution in [0.15, 0.2) is 107 Å². The second-order valence-electron chi connectivity index (χ2n) is 9.63. The van der Waals surface area contributed by atoms with Crippen LogP contribution < -0.4 is 10.2 Å². The molecule has 0 fully saturated rings. The summed E-state index contributed by atoms with van der Waals surface area (Å²) in [7, 11) is 0. The summed E-state index contributed by atoms with van der Waals surface area (Å²) in [6, 6.07) is 28.2. The van der Waals surface area contributed by atoms with E-state index in [0.717, 1.165) is 39.4 Å². The molecule has 1 atom stereocenters. The molecule has 2 aromatic heterocycles. The Labute approximate surface area is 225 Å². The van der Waals surface area contributed by atoms with Crippen LogP contribution in [0.3, 0.4) is 0 Å². The first-order chi connectivity index (χ1) is 19.1. The van der Waals surface area contributed by atoms with Crippen molar-refractivity contribution in [3.05, 3.63) is 125 Å². The molecule has 7 rings (SSSR count). The normalized spacial score (nSPS) is 15.6. The van der Waals surface area contributed by atoms with Gasteiger partial charge in [0.2, 0.25) is 0 Å². The maximum atomic E-state index is 14.1. The molecule has 0 saturated carbocycles. The Morgan fingerprint density at radius 3 is 2.46 bits per heavy atom. The van der Waals surface area contributed by atoms with Gasteiger partial charge in [-0.05, 0) is 73.5 Å². The lowest BCUT2D eigenvalue weighted by molar-refractivity contribution is 0.626. The van der Waals surface area contributed by atoms with Crippen LogP contribution in [0.4, 0.5) is 27.3 Å². The van der Waals surface area contributed by atoms with Gasteiger partial charge in [-0.3, -0.25) is 0 Å². The molecule has 1 N–H and O–H groups in total. The van der Waals surface area contributed by atoms with Crippen LogP contribution in [0, 0.1) is 19.7 Å². The molecule has 7 nitrogen and oxygen atoms in total. The van der Waals surface area contributed by atoms with Gasteiger partial charge in [-0.1, -0.05) is 42.5 Å². The van der Waals surface area contributed by atoms with Crippen LogP contribution in [0.25, 0.3) is 5.82 Å². The fourth-order valence-electron chi connectivity index (χ4n) is 5.26. The van der Waals surface area contributed by atoms with Gasteiger partial charge in [-0.2, -0.15) is 9.78 Å². The quantitative estimate of drug-likeness (QED) is 0.287. The monoisotopic (exact) mass is 513 g/mol. The van der Waals surface area contributed by atoms with Gasteiger partial charge in [0.05, 0.1) is 23.1 Å². The summed E-state index contributed by atoms with van der Waals surface area (Å²) in [5.41, 5.74) is 6.45. The third-order valence-corrected chi connectivity index (χ3v) is 6.97. The van der Waals surface area contributed by atoms with Crippen molar-refractivity contribution in [2.75, 3.05) is 10.2 Å². The molecule has 8 heteroatoms. The zero-order chi connectivity index (χ0) is 26.5. The number of aryl methyl sites for hydroxylation is 2. The highest BCUT2D eigenvalue weighted by Crippen LogP contribution is 2.48. The van der Waals surface area contributed by atoms with Crippen LogP contribution in [0.1, 0.15) is 28.4 Å². The number of aromatic nitrogens is 3. The molecule has 190 valence electrons. The number of rotatable bonds is 3. The zero-order valence-electron chi connectivity index (χ0n) is 21.4. The average Bonchev–Trinajstić information content (AvgIpc) is 3.29. The van der Waals surface area contributed by atoms with Crippen molar-refractivity contribution < 1.29 is 4.39 Å². The lowest BCUT2D eigenvalue weighted by Gasteiger charge is -2.40. The van der Waals surface area contributed by atoms with E-state index in [1.807, 2.05) is 73.7 Å². The molecule has 5 aromatic rings. The maximum Gasteiger partial charge on any atom is 0.179 e. The topological polar surface area (TPSA) is 70.7 Å². The summed E-state index contributed by atoms with van der Waals surface area (Å²) in [4.78, 5) is 16.9. The molecule has 4 heterocycles. The van der Waals surface area contributed by atoms with Gasteiger partial charge >= 0.3 is 0 Å². The number of nitrogens with zero attached hydrogens (tertiary/aromatic N) is 6. The maximum absolute atomic E-state index is 14.1. The van der Waals surface area contributed by atoms with Gasteiger partial charge in [0.1, 0.15) is 5.82 Å². The minimum atomic E-state index is -0.323. The van der Waals surface area contributed by atoms with Gasteiger partial charge in [-0.25, -0.2) is 19.4 Å². The van der Waals surface area contributed by atoms with Crippen molar-refractivity contribution in [2.24, 2.45) is 9.98 Å². The van der Waals surface area contributed by atoms with Crippen LogP contribution in [-0.2, 0) is 0 Å². The molecule has 39 heavy (non-hydrogen) atoms. The van der Waals surface area contributed by atoms with Crippen LogP contribution >= 0.6 is 0 Å². The van der Waals surface area contributed by atoms with Gasteiger partial charge in [0.25, 0.3) is 0 Å². The Kier molecular flexibility index (Phi) is 5.33. The number of anilines is 2. The van der Waals surface area contributed by atoms with E-state index in [2.05, 4.69) is 34.3 Å². The Bertz CT molecular complexity index is 1770. The summed E-state index contributed by atoms with van der Waals surface area (Å²) in [6.07, 6.45) is 1.74. The van der Waals surface area contributed by atoms with E-state index in [1.165, 1.54) is 12.1 Å².